The van der Waals surface area contributed by atoms with Gasteiger partial charge in [-0.1, -0.05) is 18.2 Å². The van der Waals surface area contributed by atoms with Crippen LogP contribution in [0, 0.1) is 13.8 Å². The SMILES string of the molecule is Cc1nc2ccccc2c(C)c1CC(=O)N[C@H](C)C(=O)N1CCCCC1. The number of rotatable bonds is 4. The number of aromatic nitrogens is 1. The number of hydrogen-bond donors (Lipinski definition) is 1. The van der Waals surface area contributed by atoms with Gasteiger partial charge in [0.15, 0.2) is 0 Å². The molecule has 1 aromatic heterocycles. The van der Waals surface area contributed by atoms with E-state index in [0.29, 0.717) is 0 Å². The normalized spacial score (nSPS) is 15.7. The summed E-state index contributed by atoms with van der Waals surface area (Å²) < 4.78 is 0. The van der Waals surface area contributed by atoms with Crippen molar-refractivity contribution in [3.8, 4) is 0 Å². The van der Waals surface area contributed by atoms with Crippen LogP contribution in [0.5, 0.6) is 0 Å². The van der Waals surface area contributed by atoms with Crippen molar-refractivity contribution in [3.05, 3.63) is 41.1 Å². The zero-order chi connectivity index (χ0) is 18.7. The number of para-hydroxylation sites is 1. The van der Waals surface area contributed by atoms with Crippen LogP contribution in [0.1, 0.15) is 43.0 Å². The Bertz CT molecular complexity index is 825. The Morgan fingerprint density at radius 1 is 1.15 bits per heavy atom. The average molecular weight is 353 g/mol. The van der Waals surface area contributed by atoms with E-state index in [4.69, 9.17) is 0 Å². The van der Waals surface area contributed by atoms with Crippen molar-refractivity contribution >= 4 is 22.7 Å². The molecule has 1 aliphatic heterocycles. The predicted molar refractivity (Wildman–Crippen MR) is 103 cm³/mol. The summed E-state index contributed by atoms with van der Waals surface area (Å²) >= 11 is 0. The topological polar surface area (TPSA) is 62.3 Å². The predicted octanol–water partition coefficient (Wildman–Crippen LogP) is 2.91. The third kappa shape index (κ3) is 3.87. The van der Waals surface area contributed by atoms with E-state index in [2.05, 4.69) is 10.3 Å². The van der Waals surface area contributed by atoms with E-state index in [1.807, 2.05) is 43.0 Å². The molecule has 1 aliphatic rings. The highest BCUT2D eigenvalue weighted by molar-refractivity contribution is 5.90. The summed E-state index contributed by atoms with van der Waals surface area (Å²) in [5.74, 6) is -0.116. The molecular weight excluding hydrogens is 326 g/mol. The maximum Gasteiger partial charge on any atom is 0.244 e. The summed E-state index contributed by atoms with van der Waals surface area (Å²) in [5, 5.41) is 3.94. The number of aryl methyl sites for hydroxylation is 2. The number of carbonyl (C=O) groups excluding carboxylic acids is 2. The van der Waals surface area contributed by atoms with Gasteiger partial charge in [-0.05, 0) is 57.2 Å². The standard InChI is InChI=1S/C21H27N3O2/c1-14-17-9-5-6-10-19(17)22-15(2)18(14)13-20(25)23-16(3)21(26)24-11-7-4-8-12-24/h5-6,9-10,16H,4,7-8,11-13H2,1-3H3,(H,23,25)/t16-/m1/s1. The molecule has 0 radical (unpaired) electrons. The highest BCUT2D eigenvalue weighted by atomic mass is 16.2. The van der Waals surface area contributed by atoms with Crippen LogP contribution in [-0.2, 0) is 16.0 Å². The Kier molecular flexibility index (Phi) is 5.55. The van der Waals surface area contributed by atoms with Crippen LogP contribution in [-0.4, -0.2) is 40.8 Å². The first-order chi connectivity index (χ1) is 12.5. The molecule has 138 valence electrons. The second kappa shape index (κ2) is 7.85. The van der Waals surface area contributed by atoms with E-state index >= 15 is 0 Å². The average Bonchev–Trinajstić information content (AvgIpc) is 2.65. The highest BCUT2D eigenvalue weighted by Gasteiger charge is 2.24. The third-order valence-electron chi connectivity index (χ3n) is 5.24. The summed E-state index contributed by atoms with van der Waals surface area (Å²) in [6.45, 7) is 7.33. The van der Waals surface area contributed by atoms with Gasteiger partial charge >= 0.3 is 0 Å². The van der Waals surface area contributed by atoms with E-state index in [1.165, 1.54) is 6.42 Å². The van der Waals surface area contributed by atoms with Crippen molar-refractivity contribution in [1.82, 2.24) is 15.2 Å². The first-order valence-corrected chi connectivity index (χ1v) is 9.40. The maximum atomic E-state index is 12.5. The first-order valence-electron chi connectivity index (χ1n) is 9.40. The van der Waals surface area contributed by atoms with E-state index in [0.717, 1.165) is 53.7 Å². The third-order valence-corrected chi connectivity index (χ3v) is 5.24. The Morgan fingerprint density at radius 2 is 1.85 bits per heavy atom. The van der Waals surface area contributed by atoms with E-state index < -0.39 is 6.04 Å². The van der Waals surface area contributed by atoms with Crippen molar-refractivity contribution < 1.29 is 9.59 Å². The Morgan fingerprint density at radius 3 is 2.58 bits per heavy atom. The number of hydrogen-bond acceptors (Lipinski definition) is 3. The minimum atomic E-state index is -0.491. The first kappa shape index (κ1) is 18.4. The fourth-order valence-electron chi connectivity index (χ4n) is 3.73. The summed E-state index contributed by atoms with van der Waals surface area (Å²) in [6.07, 6.45) is 3.52. The molecule has 0 bridgehead atoms. The molecule has 5 nitrogen and oxygen atoms in total. The molecule has 3 rings (SSSR count). The summed E-state index contributed by atoms with van der Waals surface area (Å²) in [4.78, 5) is 31.5. The van der Waals surface area contributed by atoms with Crippen molar-refractivity contribution in [2.24, 2.45) is 0 Å². The highest BCUT2D eigenvalue weighted by Crippen LogP contribution is 2.23. The molecule has 0 unspecified atom stereocenters. The molecule has 1 atom stereocenters. The molecule has 0 spiro atoms. The van der Waals surface area contributed by atoms with E-state index in [9.17, 15) is 9.59 Å². The lowest BCUT2D eigenvalue weighted by atomic mass is 9.99. The van der Waals surface area contributed by atoms with Crippen LogP contribution in [0.15, 0.2) is 24.3 Å². The molecule has 26 heavy (non-hydrogen) atoms. The van der Waals surface area contributed by atoms with E-state index in [1.54, 1.807) is 6.92 Å². The largest absolute Gasteiger partial charge is 0.344 e. The number of nitrogens with zero attached hydrogens (tertiary/aromatic N) is 2. The molecule has 2 aromatic rings. The Hall–Kier alpha value is -2.43. The molecule has 0 aliphatic carbocycles. The number of carbonyl (C=O) groups is 2. The maximum absolute atomic E-state index is 12.5. The van der Waals surface area contributed by atoms with Crippen molar-refractivity contribution in [3.63, 3.8) is 0 Å². The van der Waals surface area contributed by atoms with Crippen LogP contribution in [0.4, 0.5) is 0 Å². The van der Waals surface area contributed by atoms with Crippen molar-refractivity contribution in [2.45, 2.75) is 52.5 Å². The quantitative estimate of drug-likeness (QED) is 0.919. The van der Waals surface area contributed by atoms with Crippen LogP contribution < -0.4 is 5.32 Å². The minimum absolute atomic E-state index is 0.0168. The molecule has 1 aromatic carbocycles. The van der Waals surface area contributed by atoms with Gasteiger partial charge < -0.3 is 10.2 Å². The Balaban J connectivity index is 1.70. The van der Waals surface area contributed by atoms with Crippen molar-refractivity contribution in [1.29, 1.82) is 0 Å². The lowest BCUT2D eigenvalue weighted by molar-refractivity contribution is -0.136. The number of nitrogens with one attached hydrogen (secondary N) is 1. The summed E-state index contributed by atoms with van der Waals surface area (Å²) in [5.41, 5.74) is 3.84. The number of benzene rings is 1. The zero-order valence-electron chi connectivity index (χ0n) is 15.8. The van der Waals surface area contributed by atoms with Gasteiger partial charge in [-0.2, -0.15) is 0 Å². The van der Waals surface area contributed by atoms with Crippen LogP contribution >= 0.6 is 0 Å². The van der Waals surface area contributed by atoms with Crippen LogP contribution in [0.25, 0.3) is 10.9 Å². The smallest absolute Gasteiger partial charge is 0.244 e. The zero-order valence-corrected chi connectivity index (χ0v) is 15.8. The fourth-order valence-corrected chi connectivity index (χ4v) is 3.73. The number of piperidine rings is 1. The van der Waals surface area contributed by atoms with Gasteiger partial charge in [0, 0.05) is 24.2 Å². The second-order valence-corrected chi connectivity index (χ2v) is 7.17. The molecule has 0 saturated carbocycles. The van der Waals surface area contributed by atoms with Gasteiger partial charge in [0.05, 0.1) is 11.9 Å². The molecule has 2 amide bonds. The molecule has 1 saturated heterocycles. The minimum Gasteiger partial charge on any atom is -0.344 e. The summed E-state index contributed by atoms with van der Waals surface area (Å²) in [7, 11) is 0. The van der Waals surface area contributed by atoms with Crippen molar-refractivity contribution in [2.75, 3.05) is 13.1 Å². The lowest BCUT2D eigenvalue weighted by Gasteiger charge is -2.29. The van der Waals surface area contributed by atoms with E-state index in [-0.39, 0.29) is 18.2 Å². The Labute approximate surface area is 154 Å². The molecule has 1 fully saturated rings. The van der Waals surface area contributed by atoms with Gasteiger partial charge in [0.25, 0.3) is 0 Å². The van der Waals surface area contributed by atoms with Gasteiger partial charge in [-0.15, -0.1) is 0 Å². The number of amides is 2. The molecular formula is C21H27N3O2. The molecule has 5 heteroatoms. The van der Waals surface area contributed by atoms with Gasteiger partial charge in [-0.3, -0.25) is 14.6 Å². The van der Waals surface area contributed by atoms with Gasteiger partial charge in [0.2, 0.25) is 11.8 Å². The van der Waals surface area contributed by atoms with Crippen LogP contribution in [0.3, 0.4) is 0 Å². The lowest BCUT2D eigenvalue weighted by Crippen LogP contribution is -2.48. The fraction of sp³-hybridized carbons (Fsp3) is 0.476. The molecule has 2 heterocycles. The monoisotopic (exact) mass is 353 g/mol. The summed E-state index contributed by atoms with van der Waals surface area (Å²) in [6, 6.07) is 7.47. The molecule has 1 N–H and O–H groups in total. The van der Waals surface area contributed by atoms with Gasteiger partial charge in [-0.25, -0.2) is 0 Å². The number of pyridine rings is 1. The second-order valence-electron chi connectivity index (χ2n) is 7.17. The number of likely N-dealkylation sites (tertiary alicyclic amines) is 1. The van der Waals surface area contributed by atoms with Gasteiger partial charge in [0.1, 0.15) is 6.04 Å². The number of fused-ring (bicyclic) bond motifs is 1. The van der Waals surface area contributed by atoms with Crippen LogP contribution in [0.2, 0.25) is 0 Å².